The van der Waals surface area contributed by atoms with Crippen molar-refractivity contribution < 1.29 is 4.39 Å². The van der Waals surface area contributed by atoms with E-state index in [0.29, 0.717) is 13.1 Å². The van der Waals surface area contributed by atoms with E-state index in [4.69, 9.17) is 17.3 Å². The molecule has 0 aliphatic rings. The molecule has 0 unspecified atom stereocenters. The predicted octanol–water partition coefficient (Wildman–Crippen LogP) is 2.18. The number of aromatic nitrogens is 2. The second kappa shape index (κ2) is 4.63. The lowest BCUT2D eigenvalue weighted by atomic mass is 10.2. The highest BCUT2D eigenvalue weighted by molar-refractivity contribution is 6.30. The van der Waals surface area contributed by atoms with Gasteiger partial charge in [-0.1, -0.05) is 17.7 Å². The maximum atomic E-state index is 13.2. The number of hydrogen-bond acceptors (Lipinski definition) is 2. The van der Waals surface area contributed by atoms with E-state index in [1.807, 2.05) is 12.3 Å². The van der Waals surface area contributed by atoms with E-state index in [-0.39, 0.29) is 5.02 Å². The van der Waals surface area contributed by atoms with Crippen molar-refractivity contribution in [1.82, 2.24) is 9.78 Å². The number of rotatable bonds is 3. The van der Waals surface area contributed by atoms with Crippen molar-refractivity contribution in [3.8, 4) is 0 Å². The summed E-state index contributed by atoms with van der Waals surface area (Å²) in [6.07, 6.45) is 1.81. The normalized spacial score (nSPS) is 10.7. The molecule has 84 valence electrons. The smallest absolute Gasteiger partial charge is 0.142 e. The van der Waals surface area contributed by atoms with Crippen molar-refractivity contribution in [3.63, 3.8) is 0 Å². The van der Waals surface area contributed by atoms with E-state index in [1.54, 1.807) is 16.8 Å². The first kappa shape index (κ1) is 11.1. The van der Waals surface area contributed by atoms with Crippen LogP contribution in [0.5, 0.6) is 0 Å². The van der Waals surface area contributed by atoms with E-state index in [9.17, 15) is 4.39 Å². The quantitative estimate of drug-likeness (QED) is 0.892. The van der Waals surface area contributed by atoms with Crippen LogP contribution in [0.2, 0.25) is 5.02 Å². The molecule has 2 aromatic rings. The first-order valence-electron chi connectivity index (χ1n) is 4.85. The van der Waals surface area contributed by atoms with Crippen LogP contribution in [0.3, 0.4) is 0 Å². The van der Waals surface area contributed by atoms with Gasteiger partial charge in [0.2, 0.25) is 0 Å². The Hall–Kier alpha value is -1.39. The first-order chi connectivity index (χ1) is 7.69. The van der Waals surface area contributed by atoms with E-state index >= 15 is 0 Å². The van der Waals surface area contributed by atoms with Crippen LogP contribution < -0.4 is 5.73 Å². The number of nitrogens with two attached hydrogens (primary N) is 1. The molecule has 5 heteroatoms. The molecule has 2 rings (SSSR count). The molecule has 0 bridgehead atoms. The van der Waals surface area contributed by atoms with Crippen LogP contribution in [0.1, 0.15) is 11.3 Å². The molecule has 2 N–H and O–H groups in total. The van der Waals surface area contributed by atoms with E-state index in [1.165, 1.54) is 6.07 Å². The van der Waals surface area contributed by atoms with Crippen LogP contribution in [0, 0.1) is 5.82 Å². The summed E-state index contributed by atoms with van der Waals surface area (Å²) in [6.45, 7) is 0.913. The van der Waals surface area contributed by atoms with E-state index in [0.717, 1.165) is 11.3 Å². The molecule has 1 aromatic carbocycles. The molecule has 0 aliphatic heterocycles. The minimum atomic E-state index is -0.412. The van der Waals surface area contributed by atoms with Gasteiger partial charge in [0.25, 0.3) is 0 Å². The lowest BCUT2D eigenvalue weighted by molar-refractivity contribution is 0.618. The third kappa shape index (κ3) is 2.40. The Morgan fingerprint density at radius 2 is 2.19 bits per heavy atom. The Morgan fingerprint density at radius 3 is 2.81 bits per heavy atom. The van der Waals surface area contributed by atoms with Crippen LogP contribution in [0.4, 0.5) is 4.39 Å². The van der Waals surface area contributed by atoms with Crippen LogP contribution in [0.15, 0.2) is 30.5 Å². The van der Waals surface area contributed by atoms with Crippen molar-refractivity contribution in [2.45, 2.75) is 13.1 Å². The van der Waals surface area contributed by atoms with Crippen LogP contribution in [-0.2, 0) is 13.1 Å². The van der Waals surface area contributed by atoms with E-state index in [2.05, 4.69) is 5.10 Å². The van der Waals surface area contributed by atoms with Gasteiger partial charge in [-0.2, -0.15) is 5.10 Å². The molecule has 0 atom stereocenters. The molecule has 0 radical (unpaired) electrons. The Bertz CT molecular complexity index is 496. The summed E-state index contributed by atoms with van der Waals surface area (Å²) in [5, 5.41) is 4.34. The maximum absolute atomic E-state index is 13.2. The van der Waals surface area contributed by atoms with Crippen LogP contribution >= 0.6 is 11.6 Å². The van der Waals surface area contributed by atoms with Gasteiger partial charge in [0.1, 0.15) is 5.82 Å². The molecule has 3 nitrogen and oxygen atoms in total. The molecular formula is C11H11ClFN3. The molecule has 0 saturated heterocycles. The summed E-state index contributed by atoms with van der Waals surface area (Å²) < 4.78 is 14.9. The Kier molecular flexibility index (Phi) is 3.22. The summed E-state index contributed by atoms with van der Waals surface area (Å²) >= 11 is 5.60. The van der Waals surface area contributed by atoms with Crippen molar-refractivity contribution in [2.75, 3.05) is 0 Å². The van der Waals surface area contributed by atoms with Crippen molar-refractivity contribution in [1.29, 1.82) is 0 Å². The second-order valence-corrected chi connectivity index (χ2v) is 3.86. The molecule has 0 saturated carbocycles. The van der Waals surface area contributed by atoms with Gasteiger partial charge in [-0.3, -0.25) is 4.68 Å². The zero-order valence-electron chi connectivity index (χ0n) is 8.53. The third-order valence-electron chi connectivity index (χ3n) is 2.23. The summed E-state index contributed by atoms with van der Waals surface area (Å²) in [4.78, 5) is 0. The first-order valence-corrected chi connectivity index (χ1v) is 5.23. The van der Waals surface area contributed by atoms with Gasteiger partial charge < -0.3 is 5.73 Å². The summed E-state index contributed by atoms with van der Waals surface area (Å²) in [5.74, 6) is -0.412. The van der Waals surface area contributed by atoms with Gasteiger partial charge >= 0.3 is 0 Å². The lowest BCUT2D eigenvalue weighted by Gasteiger charge is -2.03. The predicted molar refractivity (Wildman–Crippen MR) is 60.6 cm³/mol. The number of halogens is 2. The molecule has 0 amide bonds. The summed E-state index contributed by atoms with van der Waals surface area (Å²) in [5.41, 5.74) is 7.08. The fourth-order valence-electron chi connectivity index (χ4n) is 1.43. The fourth-order valence-corrected chi connectivity index (χ4v) is 1.54. The Morgan fingerprint density at radius 1 is 1.38 bits per heavy atom. The highest BCUT2D eigenvalue weighted by atomic mass is 35.5. The van der Waals surface area contributed by atoms with Gasteiger partial charge in [-0.25, -0.2) is 4.39 Å². The molecule has 1 heterocycles. The molecule has 0 spiro atoms. The number of benzene rings is 1. The van der Waals surface area contributed by atoms with Crippen molar-refractivity contribution in [3.05, 3.63) is 52.6 Å². The topological polar surface area (TPSA) is 43.8 Å². The summed E-state index contributed by atoms with van der Waals surface area (Å²) in [6, 6.07) is 6.56. The fraction of sp³-hybridized carbons (Fsp3) is 0.182. The van der Waals surface area contributed by atoms with Gasteiger partial charge in [0, 0.05) is 12.7 Å². The lowest BCUT2D eigenvalue weighted by Crippen LogP contribution is -2.03. The Labute approximate surface area is 97.6 Å². The molecule has 0 aliphatic carbocycles. The average Bonchev–Trinajstić information content (AvgIpc) is 2.71. The second-order valence-electron chi connectivity index (χ2n) is 3.46. The molecule has 16 heavy (non-hydrogen) atoms. The minimum absolute atomic E-state index is 0.131. The van der Waals surface area contributed by atoms with Crippen LogP contribution in [-0.4, -0.2) is 9.78 Å². The SMILES string of the molecule is NCc1ccn(Cc2ccc(Cl)c(F)c2)n1. The largest absolute Gasteiger partial charge is 0.325 e. The van der Waals surface area contributed by atoms with Gasteiger partial charge in [-0.05, 0) is 23.8 Å². The zero-order chi connectivity index (χ0) is 11.5. The minimum Gasteiger partial charge on any atom is -0.325 e. The highest BCUT2D eigenvalue weighted by Gasteiger charge is 2.02. The average molecular weight is 240 g/mol. The Balaban J connectivity index is 2.17. The molecule has 0 fully saturated rings. The zero-order valence-corrected chi connectivity index (χ0v) is 9.28. The monoisotopic (exact) mass is 239 g/mol. The third-order valence-corrected chi connectivity index (χ3v) is 2.54. The molecular weight excluding hydrogens is 229 g/mol. The number of nitrogens with zero attached hydrogens (tertiary/aromatic N) is 2. The highest BCUT2D eigenvalue weighted by Crippen LogP contribution is 2.16. The van der Waals surface area contributed by atoms with Crippen molar-refractivity contribution in [2.24, 2.45) is 5.73 Å². The molecule has 1 aromatic heterocycles. The van der Waals surface area contributed by atoms with Gasteiger partial charge in [0.05, 0.1) is 17.3 Å². The number of hydrogen-bond donors (Lipinski definition) is 1. The maximum Gasteiger partial charge on any atom is 0.142 e. The van der Waals surface area contributed by atoms with Gasteiger partial charge in [-0.15, -0.1) is 0 Å². The van der Waals surface area contributed by atoms with Crippen LogP contribution in [0.25, 0.3) is 0 Å². The van der Waals surface area contributed by atoms with Crippen molar-refractivity contribution >= 4 is 11.6 Å². The standard InChI is InChI=1S/C11H11ClFN3/c12-10-2-1-8(5-11(10)13)7-16-4-3-9(6-14)15-16/h1-5H,6-7,14H2. The van der Waals surface area contributed by atoms with E-state index < -0.39 is 5.82 Å². The summed E-state index contributed by atoms with van der Waals surface area (Å²) in [7, 11) is 0. The van der Waals surface area contributed by atoms with Gasteiger partial charge in [0.15, 0.2) is 0 Å².